The second-order valence-corrected chi connectivity index (χ2v) is 5.26. The molecule has 0 spiro atoms. The van der Waals surface area contributed by atoms with Crippen molar-refractivity contribution in [2.45, 2.75) is 70.0 Å². The molecule has 0 aromatic carbocycles. The Balaban J connectivity index is 1.66. The maximum Gasteiger partial charge on any atom is 0.0673 e. The van der Waals surface area contributed by atoms with E-state index in [9.17, 15) is 5.11 Å². The minimum Gasteiger partial charge on any atom is -0.390 e. The lowest BCUT2D eigenvalue weighted by Gasteiger charge is -2.27. The van der Waals surface area contributed by atoms with Gasteiger partial charge in [-0.1, -0.05) is 6.92 Å². The molecule has 2 rings (SSSR count). The van der Waals surface area contributed by atoms with E-state index in [1.54, 1.807) is 0 Å². The Morgan fingerprint density at radius 2 is 2.13 bits per heavy atom. The van der Waals surface area contributed by atoms with Crippen LogP contribution in [0.2, 0.25) is 0 Å². The second kappa shape index (κ2) is 4.84. The molecule has 0 amide bonds. The first-order valence-electron chi connectivity index (χ1n) is 6.58. The van der Waals surface area contributed by atoms with Crippen LogP contribution in [0.5, 0.6) is 0 Å². The van der Waals surface area contributed by atoms with Crippen molar-refractivity contribution in [3.63, 3.8) is 0 Å². The average molecular weight is 212 g/mol. The van der Waals surface area contributed by atoms with Gasteiger partial charge in [0.15, 0.2) is 0 Å². The van der Waals surface area contributed by atoms with E-state index >= 15 is 0 Å². The fourth-order valence-corrected chi connectivity index (χ4v) is 2.80. The highest BCUT2D eigenvalue weighted by molar-refractivity contribution is 4.93. The van der Waals surface area contributed by atoms with Gasteiger partial charge in [-0.25, -0.2) is 0 Å². The lowest BCUT2D eigenvalue weighted by molar-refractivity contribution is -0.00102. The lowest BCUT2D eigenvalue weighted by atomic mass is 9.88. The van der Waals surface area contributed by atoms with E-state index in [2.05, 4.69) is 6.92 Å². The van der Waals surface area contributed by atoms with Crippen LogP contribution in [0.25, 0.3) is 0 Å². The summed E-state index contributed by atoms with van der Waals surface area (Å²) >= 11 is 0. The molecule has 0 bridgehead atoms. The van der Waals surface area contributed by atoms with Crippen molar-refractivity contribution in [1.82, 2.24) is 0 Å². The summed E-state index contributed by atoms with van der Waals surface area (Å²) in [5, 5.41) is 10.4. The molecule has 1 saturated heterocycles. The number of aliphatic hydroxyl groups is 1. The van der Waals surface area contributed by atoms with Gasteiger partial charge in [0.05, 0.1) is 11.7 Å². The van der Waals surface area contributed by atoms with E-state index in [0.29, 0.717) is 12.0 Å². The van der Waals surface area contributed by atoms with Crippen LogP contribution in [0.15, 0.2) is 0 Å². The molecular weight excluding hydrogens is 188 g/mol. The Kier molecular flexibility index (Phi) is 3.68. The van der Waals surface area contributed by atoms with Gasteiger partial charge in [0, 0.05) is 6.61 Å². The van der Waals surface area contributed by atoms with Crippen LogP contribution in [-0.4, -0.2) is 23.4 Å². The van der Waals surface area contributed by atoms with Crippen molar-refractivity contribution in [3.8, 4) is 0 Å². The summed E-state index contributed by atoms with van der Waals surface area (Å²) in [6.45, 7) is 3.07. The largest absolute Gasteiger partial charge is 0.390 e. The molecule has 1 aliphatic heterocycles. The van der Waals surface area contributed by atoms with Crippen LogP contribution in [0.4, 0.5) is 0 Å². The summed E-state index contributed by atoms with van der Waals surface area (Å²) in [6, 6.07) is 0. The normalized spacial score (nSPS) is 30.4. The third kappa shape index (κ3) is 2.94. The monoisotopic (exact) mass is 212 g/mol. The van der Waals surface area contributed by atoms with Gasteiger partial charge in [-0.3, -0.25) is 0 Å². The smallest absolute Gasteiger partial charge is 0.0673 e. The molecule has 1 N–H and O–H groups in total. The third-order valence-corrected chi connectivity index (χ3v) is 4.11. The Morgan fingerprint density at radius 3 is 2.67 bits per heavy atom. The van der Waals surface area contributed by atoms with E-state index < -0.39 is 0 Å². The van der Waals surface area contributed by atoms with Gasteiger partial charge < -0.3 is 9.84 Å². The van der Waals surface area contributed by atoms with E-state index in [1.165, 1.54) is 25.7 Å². The van der Waals surface area contributed by atoms with E-state index in [4.69, 9.17) is 4.74 Å². The molecule has 88 valence electrons. The van der Waals surface area contributed by atoms with Gasteiger partial charge >= 0.3 is 0 Å². The highest BCUT2D eigenvalue weighted by Crippen LogP contribution is 2.44. The Morgan fingerprint density at radius 1 is 1.33 bits per heavy atom. The fourth-order valence-electron chi connectivity index (χ4n) is 2.80. The minimum absolute atomic E-state index is 0.349. The SMILES string of the molecule is CCC(O)(CCCC1CCCO1)C1CC1. The van der Waals surface area contributed by atoms with Crippen LogP contribution < -0.4 is 0 Å². The Labute approximate surface area is 93.0 Å². The summed E-state index contributed by atoms with van der Waals surface area (Å²) in [6.07, 6.45) is 9.61. The zero-order valence-electron chi connectivity index (χ0n) is 9.87. The Hall–Kier alpha value is -0.0800. The maximum absolute atomic E-state index is 10.4. The van der Waals surface area contributed by atoms with E-state index in [0.717, 1.165) is 32.3 Å². The van der Waals surface area contributed by atoms with Gasteiger partial charge in [0.1, 0.15) is 0 Å². The van der Waals surface area contributed by atoms with Crippen LogP contribution in [0.3, 0.4) is 0 Å². The van der Waals surface area contributed by atoms with Crippen molar-refractivity contribution >= 4 is 0 Å². The van der Waals surface area contributed by atoms with Gasteiger partial charge in [-0.2, -0.15) is 0 Å². The molecule has 2 atom stereocenters. The molecule has 1 heterocycles. The minimum atomic E-state index is -0.349. The van der Waals surface area contributed by atoms with Gasteiger partial charge in [-0.05, 0) is 57.3 Å². The third-order valence-electron chi connectivity index (χ3n) is 4.11. The second-order valence-electron chi connectivity index (χ2n) is 5.26. The molecule has 15 heavy (non-hydrogen) atoms. The zero-order valence-corrected chi connectivity index (χ0v) is 9.87. The molecule has 0 aromatic heterocycles. The highest BCUT2D eigenvalue weighted by atomic mass is 16.5. The average Bonchev–Trinajstić information content (AvgIpc) is 2.98. The van der Waals surface area contributed by atoms with Crippen molar-refractivity contribution < 1.29 is 9.84 Å². The number of ether oxygens (including phenoxy) is 1. The molecule has 2 aliphatic rings. The van der Waals surface area contributed by atoms with Crippen molar-refractivity contribution in [2.75, 3.05) is 6.61 Å². The first-order chi connectivity index (χ1) is 7.24. The summed E-state index contributed by atoms with van der Waals surface area (Å²) in [5.74, 6) is 0.604. The summed E-state index contributed by atoms with van der Waals surface area (Å²) in [4.78, 5) is 0. The topological polar surface area (TPSA) is 29.5 Å². The summed E-state index contributed by atoms with van der Waals surface area (Å²) in [5.41, 5.74) is -0.349. The van der Waals surface area contributed by atoms with Gasteiger partial charge in [0.25, 0.3) is 0 Å². The predicted octanol–water partition coefficient (Wildman–Crippen LogP) is 2.89. The Bertz CT molecular complexity index is 195. The lowest BCUT2D eigenvalue weighted by Crippen LogP contribution is -2.30. The molecule has 1 saturated carbocycles. The molecule has 1 aliphatic carbocycles. The molecule has 2 fully saturated rings. The van der Waals surface area contributed by atoms with Gasteiger partial charge in [0.2, 0.25) is 0 Å². The van der Waals surface area contributed by atoms with E-state index in [1.807, 2.05) is 0 Å². The quantitative estimate of drug-likeness (QED) is 0.733. The van der Waals surface area contributed by atoms with Crippen molar-refractivity contribution in [1.29, 1.82) is 0 Å². The molecule has 2 unspecified atom stereocenters. The predicted molar refractivity (Wildman–Crippen MR) is 60.8 cm³/mol. The zero-order chi connectivity index (χ0) is 10.7. The first kappa shape index (κ1) is 11.4. The summed E-state index contributed by atoms with van der Waals surface area (Å²) in [7, 11) is 0. The van der Waals surface area contributed by atoms with E-state index in [-0.39, 0.29) is 5.60 Å². The highest BCUT2D eigenvalue weighted by Gasteiger charge is 2.41. The summed E-state index contributed by atoms with van der Waals surface area (Å²) < 4.78 is 5.60. The molecule has 0 aromatic rings. The van der Waals surface area contributed by atoms with Crippen molar-refractivity contribution in [3.05, 3.63) is 0 Å². The number of hydrogen-bond acceptors (Lipinski definition) is 2. The van der Waals surface area contributed by atoms with Gasteiger partial charge in [-0.15, -0.1) is 0 Å². The maximum atomic E-state index is 10.4. The molecule has 2 heteroatoms. The van der Waals surface area contributed by atoms with Crippen LogP contribution in [-0.2, 0) is 4.74 Å². The molecular formula is C13H24O2. The number of hydrogen-bond donors (Lipinski definition) is 1. The molecule has 2 nitrogen and oxygen atoms in total. The fraction of sp³-hybridized carbons (Fsp3) is 1.00. The van der Waals surface area contributed by atoms with Crippen molar-refractivity contribution in [2.24, 2.45) is 5.92 Å². The first-order valence-corrected chi connectivity index (χ1v) is 6.58. The number of rotatable bonds is 6. The molecule has 0 radical (unpaired) electrons. The van der Waals surface area contributed by atoms with Crippen LogP contribution >= 0.6 is 0 Å². The van der Waals surface area contributed by atoms with Crippen LogP contribution in [0.1, 0.15) is 58.3 Å². The standard InChI is InChI=1S/C13H24O2/c1-2-13(14,11-7-8-11)9-3-5-12-6-4-10-15-12/h11-12,14H,2-10H2,1H3. The van der Waals surface area contributed by atoms with Crippen LogP contribution in [0, 0.1) is 5.92 Å².